The Kier molecular flexibility index (Phi) is 1.75. The lowest BCUT2D eigenvalue weighted by atomic mass is 9.59. The number of fused-ring (bicyclic) bond motifs is 2. The van der Waals surface area contributed by atoms with Crippen molar-refractivity contribution in [1.82, 2.24) is 0 Å². The lowest BCUT2D eigenvalue weighted by Gasteiger charge is -2.49. The molecule has 2 nitrogen and oxygen atoms in total. The minimum absolute atomic E-state index is 0.0116. The Morgan fingerprint density at radius 3 is 2.33 bits per heavy atom. The predicted octanol–water partition coefficient (Wildman–Crippen LogP) is 2.90. The molecule has 0 N–H and O–H groups in total. The zero-order valence-electron chi connectivity index (χ0n) is 10.3. The van der Waals surface area contributed by atoms with E-state index in [9.17, 15) is 0 Å². The molecule has 0 unspecified atom stereocenters. The van der Waals surface area contributed by atoms with E-state index in [0.717, 1.165) is 0 Å². The quantitative estimate of drug-likeness (QED) is 0.573. The molecule has 2 heterocycles. The van der Waals surface area contributed by atoms with Gasteiger partial charge in [0.05, 0.1) is 12.2 Å². The van der Waals surface area contributed by atoms with Crippen molar-refractivity contribution in [3.63, 3.8) is 0 Å². The zero-order valence-corrected chi connectivity index (χ0v) is 10.3. The van der Waals surface area contributed by atoms with Crippen LogP contribution in [0, 0.1) is 5.41 Å². The molecule has 3 rings (SSSR count). The number of ether oxygens (including phenoxy) is 2. The second-order valence-electron chi connectivity index (χ2n) is 6.43. The first-order chi connectivity index (χ1) is 6.91. The Hall–Kier alpha value is -0.0800. The maximum atomic E-state index is 6.34. The van der Waals surface area contributed by atoms with E-state index >= 15 is 0 Å². The van der Waals surface area contributed by atoms with Crippen LogP contribution in [0.2, 0.25) is 0 Å². The molecule has 86 valence electrons. The van der Waals surface area contributed by atoms with Gasteiger partial charge in [0.2, 0.25) is 0 Å². The van der Waals surface area contributed by atoms with Crippen LogP contribution in [0.1, 0.15) is 53.4 Å². The molecule has 0 bridgehead atoms. The van der Waals surface area contributed by atoms with Gasteiger partial charge in [-0.25, -0.2) is 0 Å². The summed E-state index contributed by atoms with van der Waals surface area (Å²) in [5.74, 6) is 0. The average Bonchev–Trinajstić information content (AvgIpc) is 2.64. The van der Waals surface area contributed by atoms with Crippen LogP contribution in [0.3, 0.4) is 0 Å². The van der Waals surface area contributed by atoms with Crippen LogP contribution in [-0.2, 0) is 9.47 Å². The van der Waals surface area contributed by atoms with E-state index in [1.54, 1.807) is 0 Å². The maximum Gasteiger partial charge on any atom is 0.121 e. The zero-order chi connectivity index (χ0) is 10.9. The fraction of sp³-hybridized carbons (Fsp3) is 1.00. The van der Waals surface area contributed by atoms with Gasteiger partial charge in [-0.3, -0.25) is 0 Å². The molecule has 2 aliphatic heterocycles. The normalized spacial score (nSPS) is 56.8. The third-order valence-electron chi connectivity index (χ3n) is 5.18. The minimum Gasteiger partial charge on any atom is -0.368 e. The van der Waals surface area contributed by atoms with Gasteiger partial charge in [-0.1, -0.05) is 13.8 Å². The molecule has 3 fully saturated rings. The van der Waals surface area contributed by atoms with E-state index in [0.29, 0.717) is 12.2 Å². The van der Waals surface area contributed by atoms with Gasteiger partial charge >= 0.3 is 0 Å². The molecule has 2 heteroatoms. The van der Waals surface area contributed by atoms with Gasteiger partial charge in [-0.15, -0.1) is 0 Å². The summed E-state index contributed by atoms with van der Waals surface area (Å²) in [5, 5.41) is 0. The Balaban J connectivity index is 2.01. The summed E-state index contributed by atoms with van der Waals surface area (Å²) < 4.78 is 12.3. The van der Waals surface area contributed by atoms with Gasteiger partial charge in [0.15, 0.2) is 0 Å². The molecule has 3 aliphatic rings. The SMILES string of the molecule is C[C@H]1CC[C@@]2(O1)C(C)(C)CC[C@H]1O[C@]12C. The fourth-order valence-corrected chi connectivity index (χ4v) is 4.05. The van der Waals surface area contributed by atoms with Crippen molar-refractivity contribution in [2.45, 2.75) is 76.8 Å². The molecular formula is C13H22O2. The van der Waals surface area contributed by atoms with Crippen molar-refractivity contribution in [2.75, 3.05) is 0 Å². The molecule has 1 saturated carbocycles. The van der Waals surface area contributed by atoms with Crippen molar-refractivity contribution in [3.8, 4) is 0 Å². The predicted molar refractivity (Wildman–Crippen MR) is 58.8 cm³/mol. The third kappa shape index (κ3) is 1.03. The highest BCUT2D eigenvalue weighted by molar-refractivity contribution is 5.23. The smallest absolute Gasteiger partial charge is 0.121 e. The topological polar surface area (TPSA) is 21.8 Å². The summed E-state index contributed by atoms with van der Waals surface area (Å²) in [6.45, 7) is 9.17. The largest absolute Gasteiger partial charge is 0.368 e. The van der Waals surface area contributed by atoms with Gasteiger partial charge in [-0.05, 0) is 44.9 Å². The van der Waals surface area contributed by atoms with Crippen molar-refractivity contribution >= 4 is 0 Å². The first kappa shape index (κ1) is 10.1. The first-order valence-electron chi connectivity index (χ1n) is 6.27. The molecule has 2 saturated heterocycles. The van der Waals surface area contributed by atoms with Crippen LogP contribution in [0.5, 0.6) is 0 Å². The van der Waals surface area contributed by atoms with Crippen molar-refractivity contribution in [3.05, 3.63) is 0 Å². The molecular weight excluding hydrogens is 188 g/mol. The number of epoxide rings is 1. The summed E-state index contributed by atoms with van der Waals surface area (Å²) in [7, 11) is 0. The van der Waals surface area contributed by atoms with E-state index < -0.39 is 0 Å². The molecule has 1 aliphatic carbocycles. The van der Waals surface area contributed by atoms with Gasteiger partial charge in [0, 0.05) is 0 Å². The van der Waals surface area contributed by atoms with Gasteiger partial charge < -0.3 is 9.47 Å². The summed E-state index contributed by atoms with van der Waals surface area (Å²) in [6.07, 6.45) is 5.69. The Bertz CT molecular complexity index is 292. The summed E-state index contributed by atoms with van der Waals surface area (Å²) in [4.78, 5) is 0. The second-order valence-corrected chi connectivity index (χ2v) is 6.43. The van der Waals surface area contributed by atoms with Gasteiger partial charge in [-0.2, -0.15) is 0 Å². The maximum absolute atomic E-state index is 6.34. The summed E-state index contributed by atoms with van der Waals surface area (Å²) >= 11 is 0. The molecule has 0 radical (unpaired) electrons. The second kappa shape index (κ2) is 2.60. The lowest BCUT2D eigenvalue weighted by molar-refractivity contribution is -0.159. The van der Waals surface area contributed by atoms with E-state index in [4.69, 9.17) is 9.47 Å². The molecule has 0 amide bonds. The highest BCUT2D eigenvalue weighted by atomic mass is 16.6. The van der Waals surface area contributed by atoms with Crippen LogP contribution in [0.4, 0.5) is 0 Å². The third-order valence-corrected chi connectivity index (χ3v) is 5.18. The average molecular weight is 210 g/mol. The van der Waals surface area contributed by atoms with Gasteiger partial charge in [0.25, 0.3) is 0 Å². The van der Waals surface area contributed by atoms with Crippen molar-refractivity contribution in [1.29, 1.82) is 0 Å². The van der Waals surface area contributed by atoms with E-state index in [-0.39, 0.29) is 16.6 Å². The van der Waals surface area contributed by atoms with Crippen LogP contribution in [0.15, 0.2) is 0 Å². The summed E-state index contributed by atoms with van der Waals surface area (Å²) in [5.41, 5.74) is 0.265. The molecule has 0 aromatic carbocycles. The highest BCUT2D eigenvalue weighted by Gasteiger charge is 2.74. The Morgan fingerprint density at radius 2 is 1.73 bits per heavy atom. The first-order valence-corrected chi connectivity index (χ1v) is 6.27. The number of hydrogen-bond donors (Lipinski definition) is 0. The number of rotatable bonds is 0. The monoisotopic (exact) mass is 210 g/mol. The Labute approximate surface area is 92.3 Å². The molecule has 1 spiro atoms. The van der Waals surface area contributed by atoms with E-state index in [1.165, 1.54) is 25.7 Å². The standard InChI is InChI=1S/C13H22O2/c1-9-5-8-13(14-9)11(2,3)7-6-10-12(13,4)15-10/h9-10H,5-8H2,1-4H3/t9-,10+,12+,13+/m0/s1. The van der Waals surface area contributed by atoms with Crippen molar-refractivity contribution in [2.24, 2.45) is 5.41 Å². The van der Waals surface area contributed by atoms with Crippen LogP contribution < -0.4 is 0 Å². The Morgan fingerprint density at radius 1 is 1.00 bits per heavy atom. The minimum atomic E-state index is -0.0116. The molecule has 4 atom stereocenters. The van der Waals surface area contributed by atoms with Crippen LogP contribution in [-0.4, -0.2) is 23.4 Å². The van der Waals surface area contributed by atoms with Gasteiger partial charge in [0.1, 0.15) is 11.2 Å². The highest BCUT2D eigenvalue weighted by Crippen LogP contribution is 2.65. The fourth-order valence-electron chi connectivity index (χ4n) is 4.05. The molecule has 15 heavy (non-hydrogen) atoms. The van der Waals surface area contributed by atoms with E-state index in [1.807, 2.05) is 0 Å². The van der Waals surface area contributed by atoms with Crippen LogP contribution in [0.25, 0.3) is 0 Å². The molecule has 0 aromatic rings. The van der Waals surface area contributed by atoms with Crippen LogP contribution >= 0.6 is 0 Å². The van der Waals surface area contributed by atoms with E-state index in [2.05, 4.69) is 27.7 Å². The van der Waals surface area contributed by atoms with Crippen molar-refractivity contribution < 1.29 is 9.47 Å². The molecule has 0 aromatic heterocycles. The lowest BCUT2D eigenvalue weighted by Crippen LogP contribution is -2.58. The number of hydrogen-bond acceptors (Lipinski definition) is 2. The summed E-state index contributed by atoms with van der Waals surface area (Å²) in [6, 6.07) is 0.